The third kappa shape index (κ3) is 5.07. The van der Waals surface area contributed by atoms with Crippen LogP contribution in [0.4, 0.5) is 10.5 Å². The predicted molar refractivity (Wildman–Crippen MR) is 82.2 cm³/mol. The van der Waals surface area contributed by atoms with Gasteiger partial charge in [-0.05, 0) is 24.1 Å². The van der Waals surface area contributed by atoms with Gasteiger partial charge in [0.25, 0.3) is 0 Å². The van der Waals surface area contributed by atoms with Crippen LogP contribution in [0.15, 0.2) is 24.3 Å². The second-order valence-corrected chi connectivity index (χ2v) is 5.92. The van der Waals surface area contributed by atoms with Crippen molar-refractivity contribution in [2.75, 3.05) is 12.4 Å². The molecule has 116 valence electrons. The Morgan fingerprint density at radius 3 is 2.38 bits per heavy atom. The van der Waals surface area contributed by atoms with E-state index >= 15 is 0 Å². The molecule has 0 saturated carbocycles. The zero-order valence-corrected chi connectivity index (χ0v) is 12.9. The van der Waals surface area contributed by atoms with Crippen molar-refractivity contribution in [3.8, 4) is 0 Å². The molecular weight excluding hydrogens is 270 g/mol. The lowest BCUT2D eigenvalue weighted by Crippen LogP contribution is -2.50. The number of hydrogen-bond acceptors (Lipinski definition) is 3. The van der Waals surface area contributed by atoms with Crippen molar-refractivity contribution in [1.82, 2.24) is 10.6 Å². The topological polar surface area (TPSA) is 90.5 Å². The molecule has 1 aromatic rings. The number of anilines is 1. The quantitative estimate of drug-likeness (QED) is 0.668. The largest absolute Gasteiger partial charge is 0.480 e. The Hall–Kier alpha value is -2.08. The summed E-state index contributed by atoms with van der Waals surface area (Å²) in [6, 6.07) is 5.87. The van der Waals surface area contributed by atoms with Gasteiger partial charge in [-0.3, -0.25) is 0 Å². The summed E-state index contributed by atoms with van der Waals surface area (Å²) < 4.78 is 0. The Labute approximate surface area is 124 Å². The molecule has 0 aromatic heterocycles. The fourth-order valence-corrected chi connectivity index (χ4v) is 1.93. The summed E-state index contributed by atoms with van der Waals surface area (Å²) in [5, 5.41) is 17.4. The van der Waals surface area contributed by atoms with Crippen LogP contribution in [0.3, 0.4) is 0 Å². The maximum atomic E-state index is 12.0. The van der Waals surface area contributed by atoms with Crippen LogP contribution in [0, 0.1) is 5.41 Å². The van der Waals surface area contributed by atoms with E-state index in [0.717, 1.165) is 5.56 Å². The zero-order valence-electron chi connectivity index (χ0n) is 12.9. The fourth-order valence-electron chi connectivity index (χ4n) is 1.93. The van der Waals surface area contributed by atoms with E-state index in [2.05, 4.69) is 16.0 Å². The highest BCUT2D eigenvalue weighted by atomic mass is 16.4. The normalized spacial score (nSPS) is 12.6. The molecule has 0 radical (unpaired) electrons. The van der Waals surface area contributed by atoms with Crippen molar-refractivity contribution < 1.29 is 14.7 Å². The molecule has 0 saturated heterocycles. The van der Waals surface area contributed by atoms with Gasteiger partial charge in [-0.1, -0.05) is 39.0 Å². The summed E-state index contributed by atoms with van der Waals surface area (Å²) in [7, 11) is 1.82. The molecule has 6 nitrogen and oxygen atoms in total. The minimum absolute atomic E-state index is 0.527. The number of nitrogens with one attached hydrogen (secondary N) is 3. The Balaban J connectivity index is 2.80. The van der Waals surface area contributed by atoms with Gasteiger partial charge in [-0.2, -0.15) is 0 Å². The summed E-state index contributed by atoms with van der Waals surface area (Å²) in [5.41, 5.74) is 1.01. The van der Waals surface area contributed by atoms with Gasteiger partial charge in [0, 0.05) is 12.2 Å². The Kier molecular flexibility index (Phi) is 5.72. The lowest BCUT2D eigenvalue weighted by atomic mass is 9.87. The predicted octanol–water partition coefficient (Wildman–Crippen LogP) is 2.03. The van der Waals surface area contributed by atoms with Crippen LogP contribution in [0.5, 0.6) is 0 Å². The lowest BCUT2D eigenvalue weighted by Gasteiger charge is -2.27. The molecule has 0 bridgehead atoms. The molecule has 1 rings (SSSR count). The van der Waals surface area contributed by atoms with Crippen LogP contribution in [0.1, 0.15) is 26.3 Å². The fraction of sp³-hybridized carbons (Fsp3) is 0.467. The number of aliphatic carboxylic acids is 1. The Bertz CT molecular complexity index is 509. The van der Waals surface area contributed by atoms with E-state index in [0.29, 0.717) is 12.2 Å². The van der Waals surface area contributed by atoms with Gasteiger partial charge in [0.1, 0.15) is 6.04 Å². The van der Waals surface area contributed by atoms with E-state index in [9.17, 15) is 14.7 Å². The maximum Gasteiger partial charge on any atom is 0.326 e. The minimum atomic E-state index is -1.05. The van der Waals surface area contributed by atoms with Crippen LogP contribution >= 0.6 is 0 Å². The van der Waals surface area contributed by atoms with Crippen molar-refractivity contribution in [2.24, 2.45) is 5.41 Å². The maximum absolute atomic E-state index is 12.0. The van der Waals surface area contributed by atoms with Gasteiger partial charge in [-0.25, -0.2) is 9.59 Å². The Morgan fingerprint density at radius 1 is 1.24 bits per heavy atom. The smallest absolute Gasteiger partial charge is 0.326 e. The summed E-state index contributed by atoms with van der Waals surface area (Å²) in [6.45, 7) is 5.90. The van der Waals surface area contributed by atoms with Crippen molar-refractivity contribution in [3.63, 3.8) is 0 Å². The van der Waals surface area contributed by atoms with Crippen molar-refractivity contribution in [3.05, 3.63) is 29.8 Å². The number of benzene rings is 1. The second kappa shape index (κ2) is 7.08. The summed E-state index contributed by atoms with van der Waals surface area (Å²) >= 11 is 0. The first-order valence-corrected chi connectivity index (χ1v) is 6.78. The number of urea groups is 1. The summed E-state index contributed by atoms with van der Waals surface area (Å²) in [5.74, 6) is -1.05. The molecule has 0 spiro atoms. The molecule has 6 heteroatoms. The van der Waals surface area contributed by atoms with Gasteiger partial charge in [-0.15, -0.1) is 0 Å². The molecule has 0 aliphatic carbocycles. The average Bonchev–Trinajstić information content (AvgIpc) is 2.37. The third-order valence-electron chi connectivity index (χ3n) is 3.02. The monoisotopic (exact) mass is 293 g/mol. The molecular formula is C15H23N3O3. The Morgan fingerprint density at radius 2 is 1.86 bits per heavy atom. The highest BCUT2D eigenvalue weighted by Crippen LogP contribution is 2.20. The number of carboxylic acid groups (broad SMARTS) is 1. The van der Waals surface area contributed by atoms with E-state index < -0.39 is 23.5 Å². The number of carboxylic acids is 1. The van der Waals surface area contributed by atoms with Crippen molar-refractivity contribution in [2.45, 2.75) is 33.4 Å². The van der Waals surface area contributed by atoms with Crippen LogP contribution in [-0.4, -0.2) is 30.2 Å². The molecule has 0 aliphatic heterocycles. The van der Waals surface area contributed by atoms with Gasteiger partial charge >= 0.3 is 12.0 Å². The molecule has 2 amide bonds. The molecule has 0 fully saturated rings. The van der Waals surface area contributed by atoms with Crippen molar-refractivity contribution >= 4 is 17.7 Å². The first kappa shape index (κ1) is 17.0. The van der Waals surface area contributed by atoms with Gasteiger partial charge in [0.05, 0.1) is 0 Å². The van der Waals surface area contributed by atoms with Gasteiger partial charge < -0.3 is 21.1 Å². The number of carbonyl (C=O) groups excluding carboxylic acids is 1. The SMILES string of the molecule is CNCc1ccccc1NC(=O)N[C@H](C(=O)O)C(C)(C)C. The second-order valence-electron chi connectivity index (χ2n) is 5.92. The lowest BCUT2D eigenvalue weighted by molar-refractivity contribution is -0.141. The molecule has 0 unspecified atom stereocenters. The summed E-state index contributed by atoms with van der Waals surface area (Å²) in [6.07, 6.45) is 0. The van der Waals surface area contributed by atoms with E-state index in [1.165, 1.54) is 0 Å². The number of carbonyl (C=O) groups is 2. The highest BCUT2D eigenvalue weighted by molar-refractivity contribution is 5.93. The van der Waals surface area contributed by atoms with Gasteiger partial charge in [0.2, 0.25) is 0 Å². The van der Waals surface area contributed by atoms with E-state index in [4.69, 9.17) is 0 Å². The minimum Gasteiger partial charge on any atom is -0.480 e. The highest BCUT2D eigenvalue weighted by Gasteiger charge is 2.32. The third-order valence-corrected chi connectivity index (χ3v) is 3.02. The number of hydrogen-bond donors (Lipinski definition) is 4. The van der Waals surface area contributed by atoms with Crippen LogP contribution in [0.2, 0.25) is 0 Å². The molecule has 4 N–H and O–H groups in total. The molecule has 1 aromatic carbocycles. The van der Waals surface area contributed by atoms with Crippen LogP contribution in [-0.2, 0) is 11.3 Å². The molecule has 21 heavy (non-hydrogen) atoms. The van der Waals surface area contributed by atoms with E-state index in [1.807, 2.05) is 25.2 Å². The van der Waals surface area contributed by atoms with Crippen LogP contribution < -0.4 is 16.0 Å². The van der Waals surface area contributed by atoms with Crippen molar-refractivity contribution in [1.29, 1.82) is 0 Å². The summed E-state index contributed by atoms with van der Waals surface area (Å²) in [4.78, 5) is 23.3. The van der Waals surface area contributed by atoms with Crippen LogP contribution in [0.25, 0.3) is 0 Å². The standard InChI is InChI=1S/C15H23N3O3/c1-15(2,3)12(13(19)20)18-14(21)17-11-8-6-5-7-10(11)9-16-4/h5-8,12,16H,9H2,1-4H3,(H,19,20)(H2,17,18,21)/t12-/m1/s1. The zero-order chi connectivity index (χ0) is 16.0. The molecule has 0 heterocycles. The average molecular weight is 293 g/mol. The molecule has 1 atom stereocenters. The number of amides is 2. The molecule has 0 aliphatic rings. The first-order valence-electron chi connectivity index (χ1n) is 6.78. The number of rotatable bonds is 5. The van der Waals surface area contributed by atoms with E-state index in [-0.39, 0.29) is 0 Å². The van der Waals surface area contributed by atoms with E-state index in [1.54, 1.807) is 26.8 Å². The first-order chi connectivity index (χ1) is 9.75. The number of para-hydroxylation sites is 1. The van der Waals surface area contributed by atoms with Gasteiger partial charge in [0.15, 0.2) is 0 Å².